The normalized spacial score (nSPS) is 11.3. The minimum atomic E-state index is -0.725. The number of benzene rings is 3. The Morgan fingerprint density at radius 2 is 1.41 bits per heavy atom. The predicted octanol–water partition coefficient (Wildman–Crippen LogP) is 4.66. The number of rotatable bonds is 13. The highest BCUT2D eigenvalue weighted by molar-refractivity contribution is 5.96. The predicted molar refractivity (Wildman–Crippen MR) is 144 cm³/mol. The van der Waals surface area contributed by atoms with Gasteiger partial charge in [0.15, 0.2) is 0 Å². The highest BCUT2D eigenvalue weighted by Gasteiger charge is 2.20. The summed E-state index contributed by atoms with van der Waals surface area (Å²) in [5, 5.41) is 17.0. The molecule has 0 fully saturated rings. The van der Waals surface area contributed by atoms with Gasteiger partial charge in [-0.2, -0.15) is 0 Å². The molecule has 0 radical (unpaired) electrons. The summed E-state index contributed by atoms with van der Waals surface area (Å²) in [4.78, 5) is 36.6. The van der Waals surface area contributed by atoms with Crippen molar-refractivity contribution in [3.8, 4) is 11.1 Å². The van der Waals surface area contributed by atoms with Gasteiger partial charge < -0.3 is 16.0 Å². The van der Waals surface area contributed by atoms with Crippen LogP contribution in [-0.2, 0) is 16.0 Å². The molecule has 1 atom stereocenters. The summed E-state index contributed by atoms with van der Waals surface area (Å²) in [7, 11) is 0. The molecular formula is C29H34N4O4. The van der Waals surface area contributed by atoms with Crippen molar-refractivity contribution in [2.45, 2.75) is 44.6 Å². The van der Waals surface area contributed by atoms with Crippen molar-refractivity contribution in [2.24, 2.45) is 0 Å². The number of amides is 4. The van der Waals surface area contributed by atoms with Crippen LogP contribution in [0.3, 0.4) is 0 Å². The molecule has 0 unspecified atom stereocenters. The van der Waals surface area contributed by atoms with Crippen LogP contribution in [-0.4, -0.2) is 35.6 Å². The van der Waals surface area contributed by atoms with E-state index in [4.69, 9.17) is 5.21 Å². The Labute approximate surface area is 217 Å². The Kier molecular flexibility index (Phi) is 11.2. The fourth-order valence-corrected chi connectivity index (χ4v) is 3.91. The molecule has 37 heavy (non-hydrogen) atoms. The van der Waals surface area contributed by atoms with Crippen molar-refractivity contribution in [2.75, 3.05) is 11.9 Å². The monoisotopic (exact) mass is 502 g/mol. The Morgan fingerprint density at radius 3 is 2.08 bits per heavy atom. The first-order chi connectivity index (χ1) is 18.0. The Morgan fingerprint density at radius 1 is 0.757 bits per heavy atom. The molecule has 8 nitrogen and oxygen atoms in total. The van der Waals surface area contributed by atoms with Crippen molar-refractivity contribution in [3.63, 3.8) is 0 Å². The minimum absolute atomic E-state index is 0.206. The van der Waals surface area contributed by atoms with E-state index in [9.17, 15) is 14.4 Å². The van der Waals surface area contributed by atoms with E-state index < -0.39 is 18.0 Å². The second kappa shape index (κ2) is 15.1. The topological polar surface area (TPSA) is 120 Å². The number of carbonyl (C=O) groups excluding carboxylic acids is 3. The van der Waals surface area contributed by atoms with Crippen LogP contribution in [0.5, 0.6) is 0 Å². The zero-order valence-corrected chi connectivity index (χ0v) is 20.8. The van der Waals surface area contributed by atoms with Crippen LogP contribution in [0, 0.1) is 0 Å². The number of hydrogen-bond donors (Lipinski definition) is 5. The average molecular weight is 503 g/mol. The molecule has 3 rings (SSSR count). The largest absolute Gasteiger partial charge is 0.338 e. The third-order valence-corrected chi connectivity index (χ3v) is 5.94. The molecule has 0 aliphatic heterocycles. The second-order valence-corrected chi connectivity index (χ2v) is 8.76. The summed E-state index contributed by atoms with van der Waals surface area (Å²) in [5.74, 6) is -0.739. The van der Waals surface area contributed by atoms with Crippen molar-refractivity contribution in [1.82, 2.24) is 16.1 Å². The van der Waals surface area contributed by atoms with Gasteiger partial charge in [-0.05, 0) is 48.1 Å². The summed E-state index contributed by atoms with van der Waals surface area (Å²) in [6.45, 7) is 0.430. The number of hydroxylamine groups is 1. The third-order valence-electron chi connectivity index (χ3n) is 5.94. The van der Waals surface area contributed by atoms with Crippen LogP contribution in [0.1, 0.15) is 37.7 Å². The number of urea groups is 1. The summed E-state index contributed by atoms with van der Waals surface area (Å²) in [5.41, 5.74) is 5.66. The first kappa shape index (κ1) is 27.4. The van der Waals surface area contributed by atoms with E-state index in [2.05, 4.69) is 52.3 Å². The molecule has 0 spiro atoms. The molecule has 0 bridgehead atoms. The van der Waals surface area contributed by atoms with Gasteiger partial charge in [-0.15, -0.1) is 0 Å². The summed E-state index contributed by atoms with van der Waals surface area (Å²) >= 11 is 0. The standard InChI is InChI=1S/C29H34N4O4/c34-27(33-37)15-9-3-8-14-26(28(35)31-25-12-6-2-7-13-25)32-29(36)30-21-20-22-16-18-24(19-17-22)23-10-4-1-5-11-23/h1-2,4-7,10-13,16-19,26,37H,3,8-9,14-15,20-21H2,(H,31,35)(H,33,34)(H2,30,32,36)/t26-/m0/s1. The number of unbranched alkanes of at least 4 members (excludes halogenated alkanes) is 2. The zero-order chi connectivity index (χ0) is 26.3. The molecule has 3 aromatic carbocycles. The lowest BCUT2D eigenvalue weighted by Gasteiger charge is -2.19. The number of anilines is 1. The Hall–Kier alpha value is -4.17. The highest BCUT2D eigenvalue weighted by Crippen LogP contribution is 2.19. The van der Waals surface area contributed by atoms with Crippen LogP contribution >= 0.6 is 0 Å². The highest BCUT2D eigenvalue weighted by atomic mass is 16.5. The molecule has 0 aliphatic carbocycles. The zero-order valence-electron chi connectivity index (χ0n) is 20.8. The molecule has 0 heterocycles. The molecule has 0 aliphatic rings. The lowest BCUT2D eigenvalue weighted by atomic mass is 10.0. The molecule has 0 aromatic heterocycles. The number of hydrogen-bond acceptors (Lipinski definition) is 4. The van der Waals surface area contributed by atoms with Crippen LogP contribution < -0.4 is 21.4 Å². The first-order valence-electron chi connectivity index (χ1n) is 12.5. The van der Waals surface area contributed by atoms with E-state index in [1.165, 1.54) is 0 Å². The van der Waals surface area contributed by atoms with Crippen LogP contribution in [0.2, 0.25) is 0 Å². The van der Waals surface area contributed by atoms with Crippen molar-refractivity contribution >= 4 is 23.5 Å². The fraction of sp³-hybridized carbons (Fsp3) is 0.276. The molecule has 194 valence electrons. The van der Waals surface area contributed by atoms with Crippen molar-refractivity contribution < 1.29 is 19.6 Å². The van der Waals surface area contributed by atoms with Gasteiger partial charge in [0, 0.05) is 18.7 Å². The van der Waals surface area contributed by atoms with Crippen LogP contribution in [0.15, 0.2) is 84.9 Å². The second-order valence-electron chi connectivity index (χ2n) is 8.76. The quantitative estimate of drug-likeness (QED) is 0.133. The lowest BCUT2D eigenvalue weighted by Crippen LogP contribution is -2.48. The van der Waals surface area contributed by atoms with Gasteiger partial charge in [0.25, 0.3) is 0 Å². The van der Waals surface area contributed by atoms with Gasteiger partial charge >= 0.3 is 6.03 Å². The van der Waals surface area contributed by atoms with E-state index in [0.29, 0.717) is 44.3 Å². The summed E-state index contributed by atoms with van der Waals surface area (Å²) in [6.07, 6.45) is 3.20. The molecule has 0 saturated carbocycles. The fourth-order valence-electron chi connectivity index (χ4n) is 3.91. The SMILES string of the molecule is O=C(CCCCC[C@H](NC(=O)NCCc1ccc(-c2ccccc2)cc1)C(=O)Nc1ccccc1)NO. The smallest absolute Gasteiger partial charge is 0.315 e. The van der Waals surface area contributed by atoms with E-state index >= 15 is 0 Å². The van der Waals surface area contributed by atoms with E-state index in [-0.39, 0.29) is 12.3 Å². The number of nitrogens with one attached hydrogen (secondary N) is 4. The molecule has 8 heteroatoms. The van der Waals surface area contributed by atoms with Crippen molar-refractivity contribution in [3.05, 3.63) is 90.5 Å². The molecule has 3 aromatic rings. The average Bonchev–Trinajstić information content (AvgIpc) is 2.93. The number of para-hydroxylation sites is 1. The van der Waals surface area contributed by atoms with Gasteiger partial charge in [0.05, 0.1) is 0 Å². The number of carbonyl (C=O) groups is 3. The maximum atomic E-state index is 12.9. The summed E-state index contributed by atoms with van der Waals surface area (Å²) in [6, 6.07) is 26.3. The molecule has 0 saturated heterocycles. The van der Waals surface area contributed by atoms with Gasteiger partial charge in [-0.1, -0.05) is 85.6 Å². The minimum Gasteiger partial charge on any atom is -0.338 e. The first-order valence-corrected chi connectivity index (χ1v) is 12.5. The van der Waals surface area contributed by atoms with Crippen molar-refractivity contribution in [1.29, 1.82) is 0 Å². The Balaban J connectivity index is 1.48. The molecule has 5 N–H and O–H groups in total. The van der Waals surface area contributed by atoms with Gasteiger partial charge in [-0.3, -0.25) is 14.8 Å². The molecule has 4 amide bonds. The van der Waals surface area contributed by atoms with Gasteiger partial charge in [0.2, 0.25) is 11.8 Å². The van der Waals surface area contributed by atoms with E-state index in [0.717, 1.165) is 16.7 Å². The van der Waals surface area contributed by atoms with E-state index in [1.807, 2.05) is 36.4 Å². The Bertz CT molecular complexity index is 1120. The van der Waals surface area contributed by atoms with Crippen LogP contribution in [0.25, 0.3) is 11.1 Å². The van der Waals surface area contributed by atoms with Crippen LogP contribution in [0.4, 0.5) is 10.5 Å². The van der Waals surface area contributed by atoms with Gasteiger partial charge in [-0.25, -0.2) is 10.3 Å². The summed E-state index contributed by atoms with van der Waals surface area (Å²) < 4.78 is 0. The molecular weight excluding hydrogens is 468 g/mol. The van der Waals surface area contributed by atoms with Gasteiger partial charge in [0.1, 0.15) is 6.04 Å². The maximum absolute atomic E-state index is 12.9. The lowest BCUT2D eigenvalue weighted by molar-refractivity contribution is -0.129. The maximum Gasteiger partial charge on any atom is 0.315 e. The van der Waals surface area contributed by atoms with E-state index in [1.54, 1.807) is 17.6 Å². The third kappa shape index (κ3) is 9.77.